The third kappa shape index (κ3) is 2.93. The maximum absolute atomic E-state index is 12.3. The Kier molecular flexibility index (Phi) is 4.16. The van der Waals surface area contributed by atoms with Crippen LogP contribution in [-0.2, 0) is 0 Å². The predicted octanol–water partition coefficient (Wildman–Crippen LogP) is 3.88. The molecule has 0 N–H and O–H groups in total. The number of aromatic nitrogens is 1. The van der Waals surface area contributed by atoms with Gasteiger partial charge >= 0.3 is 0 Å². The quantitative estimate of drug-likeness (QED) is 0.806. The van der Waals surface area contributed by atoms with Crippen molar-refractivity contribution in [2.45, 2.75) is 5.92 Å². The average Bonchev–Trinajstić information content (AvgIpc) is 2.44. The highest BCUT2D eigenvalue weighted by Gasteiger charge is 2.23. The minimum atomic E-state index is -0.946. The second kappa shape index (κ2) is 5.83. The molecule has 0 saturated carbocycles. The van der Waals surface area contributed by atoms with Gasteiger partial charge in [0.25, 0.3) is 0 Å². The molecular weight excluding hydrogens is 283 g/mol. The number of Topliss-reactive ketones (excluding diaryl/α,β-unsaturated/α-hetero) is 1. The second-order valence-corrected chi connectivity index (χ2v) is 4.62. The van der Waals surface area contributed by atoms with Gasteiger partial charge in [-0.05, 0) is 30.3 Å². The van der Waals surface area contributed by atoms with E-state index < -0.39 is 5.92 Å². The Morgan fingerprint density at radius 3 is 2.58 bits per heavy atom. The van der Waals surface area contributed by atoms with Gasteiger partial charge in [0, 0.05) is 11.8 Å². The molecule has 1 aromatic carbocycles. The molecule has 1 atom stereocenters. The van der Waals surface area contributed by atoms with E-state index in [2.05, 4.69) is 4.98 Å². The summed E-state index contributed by atoms with van der Waals surface area (Å²) < 4.78 is 0. The third-order valence-electron chi connectivity index (χ3n) is 2.58. The van der Waals surface area contributed by atoms with E-state index in [4.69, 9.17) is 28.5 Å². The van der Waals surface area contributed by atoms with E-state index in [0.29, 0.717) is 16.3 Å². The largest absolute Gasteiger partial charge is 0.292 e. The Balaban J connectivity index is 2.37. The number of ketones is 1. The minimum Gasteiger partial charge on any atom is -0.292 e. The van der Waals surface area contributed by atoms with E-state index in [1.54, 1.807) is 30.5 Å². The standard InChI is InChI=1S/C14H8Cl2N2O/c15-11-5-4-9(7-12(11)16)14(19)10(8-17)13-3-1-2-6-18-13/h1-7,10H. The number of benzene rings is 1. The second-order valence-electron chi connectivity index (χ2n) is 3.81. The van der Waals surface area contributed by atoms with Crippen LogP contribution in [0.2, 0.25) is 10.0 Å². The molecule has 0 aliphatic carbocycles. The number of carbonyl (C=O) groups excluding carboxylic acids is 1. The summed E-state index contributed by atoms with van der Waals surface area (Å²) in [6.45, 7) is 0. The Morgan fingerprint density at radius 1 is 1.21 bits per heavy atom. The Labute approximate surface area is 120 Å². The van der Waals surface area contributed by atoms with Crippen molar-refractivity contribution >= 4 is 29.0 Å². The number of halogens is 2. The van der Waals surface area contributed by atoms with Crippen molar-refractivity contribution in [2.75, 3.05) is 0 Å². The zero-order valence-corrected chi connectivity index (χ0v) is 11.2. The lowest BCUT2D eigenvalue weighted by atomic mass is 9.95. The summed E-state index contributed by atoms with van der Waals surface area (Å²) in [5, 5.41) is 9.81. The molecule has 2 aromatic rings. The number of pyridine rings is 1. The van der Waals surface area contributed by atoms with Crippen molar-refractivity contribution in [3.63, 3.8) is 0 Å². The smallest absolute Gasteiger partial charge is 0.186 e. The molecule has 1 unspecified atom stereocenters. The van der Waals surface area contributed by atoms with E-state index in [1.807, 2.05) is 6.07 Å². The molecule has 0 aliphatic heterocycles. The monoisotopic (exact) mass is 290 g/mol. The predicted molar refractivity (Wildman–Crippen MR) is 73.4 cm³/mol. The molecule has 5 heteroatoms. The fourth-order valence-corrected chi connectivity index (χ4v) is 1.92. The molecule has 0 bridgehead atoms. The third-order valence-corrected chi connectivity index (χ3v) is 3.32. The first-order chi connectivity index (χ1) is 9.13. The zero-order valence-electron chi connectivity index (χ0n) is 9.68. The van der Waals surface area contributed by atoms with Gasteiger partial charge in [0.05, 0.1) is 21.8 Å². The maximum Gasteiger partial charge on any atom is 0.186 e. The number of hydrogen-bond donors (Lipinski definition) is 0. The van der Waals surface area contributed by atoms with Crippen LogP contribution in [0.1, 0.15) is 22.0 Å². The minimum absolute atomic E-state index is 0.283. The summed E-state index contributed by atoms with van der Waals surface area (Å²) in [6, 6.07) is 11.6. The molecule has 0 amide bonds. The van der Waals surface area contributed by atoms with E-state index in [1.165, 1.54) is 12.1 Å². The van der Waals surface area contributed by atoms with Crippen LogP contribution in [-0.4, -0.2) is 10.8 Å². The summed E-state index contributed by atoms with van der Waals surface area (Å²) in [4.78, 5) is 16.3. The van der Waals surface area contributed by atoms with Crippen LogP contribution in [0, 0.1) is 11.3 Å². The van der Waals surface area contributed by atoms with E-state index in [-0.39, 0.29) is 10.8 Å². The molecule has 0 spiro atoms. The molecule has 19 heavy (non-hydrogen) atoms. The number of carbonyl (C=O) groups is 1. The first-order valence-electron chi connectivity index (χ1n) is 5.43. The number of rotatable bonds is 3. The van der Waals surface area contributed by atoms with Crippen LogP contribution in [0.25, 0.3) is 0 Å². The van der Waals surface area contributed by atoms with Crippen LogP contribution < -0.4 is 0 Å². The van der Waals surface area contributed by atoms with Gasteiger partial charge in [0.15, 0.2) is 11.7 Å². The molecule has 3 nitrogen and oxygen atoms in total. The van der Waals surface area contributed by atoms with Crippen molar-refractivity contribution < 1.29 is 4.79 Å². The normalized spacial score (nSPS) is 11.6. The molecule has 2 rings (SSSR count). The lowest BCUT2D eigenvalue weighted by Gasteiger charge is -2.08. The molecule has 0 aliphatic rings. The van der Waals surface area contributed by atoms with Crippen LogP contribution in [0.5, 0.6) is 0 Å². The van der Waals surface area contributed by atoms with Crippen LogP contribution in [0.3, 0.4) is 0 Å². The van der Waals surface area contributed by atoms with Gasteiger partial charge < -0.3 is 0 Å². The molecule has 1 heterocycles. The van der Waals surface area contributed by atoms with Gasteiger partial charge in [0.2, 0.25) is 0 Å². The fraction of sp³-hybridized carbons (Fsp3) is 0.0714. The number of nitriles is 1. The maximum atomic E-state index is 12.3. The van der Waals surface area contributed by atoms with Crippen molar-refractivity contribution in [3.05, 3.63) is 63.9 Å². The molecule has 0 radical (unpaired) electrons. The summed E-state index contributed by atoms with van der Waals surface area (Å²) >= 11 is 11.7. The van der Waals surface area contributed by atoms with Crippen LogP contribution in [0.15, 0.2) is 42.6 Å². The van der Waals surface area contributed by atoms with Gasteiger partial charge in [0.1, 0.15) is 0 Å². The number of nitrogens with zero attached hydrogens (tertiary/aromatic N) is 2. The average molecular weight is 291 g/mol. The van der Waals surface area contributed by atoms with Crippen molar-refractivity contribution in [2.24, 2.45) is 0 Å². The fourth-order valence-electron chi connectivity index (χ4n) is 1.62. The van der Waals surface area contributed by atoms with Crippen molar-refractivity contribution in [1.82, 2.24) is 4.98 Å². The summed E-state index contributed by atoms with van der Waals surface area (Å²) in [6.07, 6.45) is 1.54. The van der Waals surface area contributed by atoms with Gasteiger partial charge in [-0.1, -0.05) is 29.3 Å². The lowest BCUT2D eigenvalue weighted by Crippen LogP contribution is -2.12. The first-order valence-corrected chi connectivity index (χ1v) is 6.19. The Morgan fingerprint density at radius 2 is 2.00 bits per heavy atom. The Hall–Kier alpha value is -1.89. The highest BCUT2D eigenvalue weighted by molar-refractivity contribution is 6.42. The van der Waals surface area contributed by atoms with E-state index in [9.17, 15) is 4.79 Å². The van der Waals surface area contributed by atoms with E-state index >= 15 is 0 Å². The molecule has 0 fully saturated rings. The summed E-state index contributed by atoms with van der Waals surface area (Å²) in [5.41, 5.74) is 0.757. The molecular formula is C14H8Cl2N2O. The van der Waals surface area contributed by atoms with Crippen LogP contribution >= 0.6 is 23.2 Å². The highest BCUT2D eigenvalue weighted by atomic mass is 35.5. The summed E-state index contributed by atoms with van der Waals surface area (Å²) in [7, 11) is 0. The molecule has 94 valence electrons. The topological polar surface area (TPSA) is 53.8 Å². The molecule has 1 aromatic heterocycles. The van der Waals surface area contributed by atoms with Crippen LogP contribution in [0.4, 0.5) is 0 Å². The van der Waals surface area contributed by atoms with Gasteiger partial charge in [-0.25, -0.2) is 0 Å². The zero-order chi connectivity index (χ0) is 13.8. The van der Waals surface area contributed by atoms with Gasteiger partial charge in [-0.2, -0.15) is 5.26 Å². The first kappa shape index (κ1) is 13.5. The Bertz CT molecular complexity index is 650. The van der Waals surface area contributed by atoms with E-state index in [0.717, 1.165) is 0 Å². The van der Waals surface area contributed by atoms with Crippen molar-refractivity contribution in [3.8, 4) is 6.07 Å². The lowest BCUT2D eigenvalue weighted by molar-refractivity contribution is 0.0977. The van der Waals surface area contributed by atoms with Crippen molar-refractivity contribution in [1.29, 1.82) is 5.26 Å². The highest BCUT2D eigenvalue weighted by Crippen LogP contribution is 2.25. The SMILES string of the molecule is N#CC(C(=O)c1ccc(Cl)c(Cl)c1)c1ccccn1. The number of hydrogen-bond acceptors (Lipinski definition) is 3. The summed E-state index contributed by atoms with van der Waals surface area (Å²) in [5.74, 6) is -1.29. The van der Waals surface area contributed by atoms with Gasteiger partial charge in [-0.15, -0.1) is 0 Å². The molecule has 0 saturated heterocycles. The van der Waals surface area contributed by atoms with Gasteiger partial charge in [-0.3, -0.25) is 9.78 Å².